The average molecular weight is 387 g/mol. The molecule has 0 spiro atoms. The maximum atomic E-state index is 11.6. The normalized spacial score (nSPS) is 10.7. The summed E-state index contributed by atoms with van der Waals surface area (Å²) in [5.41, 5.74) is 1.18. The molecule has 0 saturated carbocycles. The molecule has 0 atom stereocenters. The van der Waals surface area contributed by atoms with E-state index in [0.717, 1.165) is 0 Å². The van der Waals surface area contributed by atoms with Crippen LogP contribution in [0, 0.1) is 0 Å². The van der Waals surface area contributed by atoms with E-state index in [-0.39, 0.29) is 25.1 Å². The van der Waals surface area contributed by atoms with Crippen LogP contribution in [0.3, 0.4) is 0 Å². The van der Waals surface area contributed by atoms with Gasteiger partial charge in [-0.3, -0.25) is 4.79 Å². The zero-order valence-electron chi connectivity index (χ0n) is 9.55. The summed E-state index contributed by atoms with van der Waals surface area (Å²) in [4.78, 5) is 11.6. The molecule has 7 heteroatoms. The quantitative estimate of drug-likeness (QED) is 0.346. The van der Waals surface area contributed by atoms with E-state index < -0.39 is 5.12 Å². The predicted octanol–water partition coefficient (Wildman–Crippen LogP) is 6.69. The highest BCUT2D eigenvalue weighted by molar-refractivity contribution is 7.97. The van der Waals surface area contributed by atoms with Crippen molar-refractivity contribution in [3.63, 3.8) is 0 Å². The molecule has 0 bridgehead atoms. The molecule has 2 aromatic carbocycles. The van der Waals surface area contributed by atoms with Crippen LogP contribution in [-0.4, -0.2) is 5.12 Å². The Morgan fingerprint density at radius 2 is 1.25 bits per heavy atom. The molecule has 0 aliphatic rings. The SMILES string of the molecule is O=C(S)c1ccccc1-c1c(Cl)c(Cl)c(Cl)c(Cl)c1Cl. The van der Waals surface area contributed by atoms with Crippen molar-refractivity contribution < 1.29 is 4.79 Å². The first-order valence-electron chi connectivity index (χ1n) is 5.20. The Hall–Kier alpha value is -0.0900. The second-order valence-corrected chi connectivity index (χ2v) is 6.09. The third kappa shape index (κ3) is 2.78. The van der Waals surface area contributed by atoms with Gasteiger partial charge in [-0.15, -0.1) is 12.6 Å². The van der Waals surface area contributed by atoms with Crippen molar-refractivity contribution in [3.8, 4) is 11.1 Å². The smallest absolute Gasteiger partial charge is 0.216 e. The predicted molar refractivity (Wildman–Crippen MR) is 90.2 cm³/mol. The maximum absolute atomic E-state index is 11.6. The molecule has 0 N–H and O–H groups in total. The van der Waals surface area contributed by atoms with Gasteiger partial charge >= 0.3 is 0 Å². The molecule has 0 aromatic heterocycles. The Labute approximate surface area is 146 Å². The second kappa shape index (κ2) is 6.35. The highest BCUT2D eigenvalue weighted by atomic mass is 35.5. The van der Waals surface area contributed by atoms with Gasteiger partial charge in [-0.2, -0.15) is 0 Å². The van der Waals surface area contributed by atoms with Gasteiger partial charge in [0.15, 0.2) is 0 Å². The first-order valence-corrected chi connectivity index (χ1v) is 7.54. The Balaban J connectivity index is 2.88. The molecular weight excluding hydrogens is 381 g/mol. The van der Waals surface area contributed by atoms with Crippen LogP contribution in [0.5, 0.6) is 0 Å². The van der Waals surface area contributed by atoms with E-state index in [0.29, 0.717) is 16.7 Å². The molecule has 0 saturated heterocycles. The Bertz CT molecular complexity index is 685. The number of rotatable bonds is 2. The summed E-state index contributed by atoms with van der Waals surface area (Å²) < 4.78 is 0. The van der Waals surface area contributed by atoms with E-state index >= 15 is 0 Å². The van der Waals surface area contributed by atoms with Crippen LogP contribution in [0.2, 0.25) is 25.1 Å². The van der Waals surface area contributed by atoms with E-state index in [4.69, 9.17) is 58.0 Å². The topological polar surface area (TPSA) is 17.1 Å². The number of thiol groups is 1. The molecule has 0 aliphatic carbocycles. The van der Waals surface area contributed by atoms with E-state index in [1.165, 1.54) is 0 Å². The van der Waals surface area contributed by atoms with Crippen LogP contribution >= 0.6 is 70.6 Å². The first-order chi connectivity index (χ1) is 9.36. The van der Waals surface area contributed by atoms with Crippen molar-refractivity contribution >= 4 is 75.7 Å². The fourth-order valence-electron chi connectivity index (χ4n) is 1.73. The summed E-state index contributed by atoms with van der Waals surface area (Å²) in [5, 5.41) is 0.0798. The van der Waals surface area contributed by atoms with Gasteiger partial charge in [0.1, 0.15) is 0 Å². The molecule has 2 rings (SSSR count). The summed E-state index contributed by atoms with van der Waals surface area (Å²) in [6.45, 7) is 0. The molecule has 0 heterocycles. The van der Waals surface area contributed by atoms with Crippen LogP contribution in [0.25, 0.3) is 11.1 Å². The minimum absolute atomic E-state index is 0.0711. The molecule has 0 aliphatic heterocycles. The lowest BCUT2D eigenvalue weighted by atomic mass is 10.00. The van der Waals surface area contributed by atoms with Gasteiger partial charge in [-0.25, -0.2) is 0 Å². The van der Waals surface area contributed by atoms with Gasteiger partial charge in [0.2, 0.25) is 5.12 Å². The van der Waals surface area contributed by atoms with Crippen molar-refractivity contribution in [1.29, 1.82) is 0 Å². The van der Waals surface area contributed by atoms with Crippen molar-refractivity contribution in [3.05, 3.63) is 54.9 Å². The Morgan fingerprint density at radius 1 is 0.800 bits per heavy atom. The van der Waals surface area contributed by atoms with E-state index in [9.17, 15) is 4.79 Å². The maximum Gasteiger partial charge on any atom is 0.216 e. The largest absolute Gasteiger partial charge is 0.282 e. The van der Waals surface area contributed by atoms with Crippen LogP contribution < -0.4 is 0 Å². The Kier molecular flexibility index (Phi) is 5.17. The summed E-state index contributed by atoms with van der Waals surface area (Å²) >= 11 is 34.2. The summed E-state index contributed by atoms with van der Waals surface area (Å²) in [7, 11) is 0. The van der Waals surface area contributed by atoms with Crippen molar-refractivity contribution in [2.75, 3.05) is 0 Å². The number of carbonyl (C=O) groups is 1. The van der Waals surface area contributed by atoms with Crippen LogP contribution in [0.1, 0.15) is 10.4 Å². The van der Waals surface area contributed by atoms with Gasteiger partial charge < -0.3 is 0 Å². The minimum atomic E-state index is -0.421. The van der Waals surface area contributed by atoms with Crippen molar-refractivity contribution in [1.82, 2.24) is 0 Å². The third-order valence-electron chi connectivity index (χ3n) is 2.64. The van der Waals surface area contributed by atoms with Crippen molar-refractivity contribution in [2.24, 2.45) is 0 Å². The molecule has 0 radical (unpaired) electrons. The molecular formula is C13H5Cl5OS. The lowest BCUT2D eigenvalue weighted by Crippen LogP contribution is -1.95. The van der Waals surface area contributed by atoms with Crippen LogP contribution in [0.4, 0.5) is 0 Å². The number of carbonyl (C=O) groups excluding carboxylic acids is 1. The zero-order valence-corrected chi connectivity index (χ0v) is 14.2. The lowest BCUT2D eigenvalue weighted by molar-refractivity contribution is 0.109. The van der Waals surface area contributed by atoms with Gasteiger partial charge in [0.25, 0.3) is 0 Å². The zero-order chi connectivity index (χ0) is 15.0. The van der Waals surface area contributed by atoms with Gasteiger partial charge in [-0.05, 0) is 11.6 Å². The molecule has 2 aromatic rings. The van der Waals surface area contributed by atoms with Gasteiger partial charge in [0, 0.05) is 11.1 Å². The molecule has 104 valence electrons. The third-order valence-corrected chi connectivity index (χ3v) is 5.15. The number of benzene rings is 2. The Morgan fingerprint density at radius 3 is 1.75 bits per heavy atom. The minimum Gasteiger partial charge on any atom is -0.282 e. The molecule has 1 nitrogen and oxygen atoms in total. The standard InChI is InChI=1S/C13H5Cl5OS/c14-8-7(9(15)11(17)12(18)10(8)16)5-3-1-2-4-6(5)13(19)20/h1-4H,(H,19,20). The van der Waals surface area contributed by atoms with Gasteiger partial charge in [0.05, 0.1) is 25.1 Å². The number of hydrogen-bond acceptors (Lipinski definition) is 1. The molecule has 0 unspecified atom stereocenters. The second-order valence-electron chi connectivity index (χ2n) is 3.80. The van der Waals surface area contributed by atoms with Crippen molar-refractivity contribution in [2.45, 2.75) is 0 Å². The molecule has 0 amide bonds. The average Bonchev–Trinajstić information content (AvgIpc) is 2.43. The van der Waals surface area contributed by atoms with Crippen LogP contribution in [-0.2, 0) is 0 Å². The van der Waals surface area contributed by atoms with E-state index in [1.54, 1.807) is 24.3 Å². The fourth-order valence-corrected chi connectivity index (χ4v) is 3.27. The highest BCUT2D eigenvalue weighted by Gasteiger charge is 2.22. The van der Waals surface area contributed by atoms with E-state index in [1.807, 2.05) is 0 Å². The summed E-state index contributed by atoms with van der Waals surface area (Å²) in [6.07, 6.45) is 0. The number of hydrogen-bond donors (Lipinski definition) is 1. The monoisotopic (exact) mass is 384 g/mol. The summed E-state index contributed by atoms with van der Waals surface area (Å²) in [6, 6.07) is 6.72. The fraction of sp³-hybridized carbons (Fsp3) is 0. The highest BCUT2D eigenvalue weighted by Crippen LogP contribution is 2.48. The van der Waals surface area contributed by atoms with Gasteiger partial charge in [-0.1, -0.05) is 76.2 Å². The molecule has 0 fully saturated rings. The molecule has 20 heavy (non-hydrogen) atoms. The van der Waals surface area contributed by atoms with E-state index in [2.05, 4.69) is 12.6 Å². The first kappa shape index (κ1) is 16.3. The lowest BCUT2D eigenvalue weighted by Gasteiger charge is -2.14. The van der Waals surface area contributed by atoms with Crippen LogP contribution in [0.15, 0.2) is 24.3 Å². The number of halogens is 5. The summed E-state index contributed by atoms with van der Waals surface area (Å²) in [5.74, 6) is 0.